The second-order valence-corrected chi connectivity index (χ2v) is 11.8. The van der Waals surface area contributed by atoms with Crippen LogP contribution in [0.5, 0.6) is 0 Å². The largest absolute Gasteiger partial charge is 0.394 e. The third-order valence-electron chi connectivity index (χ3n) is 10.5. The molecule has 5 rings (SSSR count). The van der Waals surface area contributed by atoms with Crippen LogP contribution in [0.15, 0.2) is 16.8 Å². The Kier molecular flexibility index (Phi) is 5.96. The second-order valence-electron chi connectivity index (χ2n) is 11.8. The molecule has 4 heteroatoms. The summed E-state index contributed by atoms with van der Waals surface area (Å²) in [6, 6.07) is 0. The third kappa shape index (κ3) is 3.55. The van der Waals surface area contributed by atoms with Crippen LogP contribution in [0.3, 0.4) is 0 Å². The van der Waals surface area contributed by atoms with E-state index in [2.05, 4.69) is 35.9 Å². The highest BCUT2D eigenvalue weighted by molar-refractivity contribution is 5.96. The van der Waals surface area contributed by atoms with Crippen molar-refractivity contribution in [1.82, 2.24) is 4.90 Å². The van der Waals surface area contributed by atoms with Crippen LogP contribution < -0.4 is 0 Å². The SMILES string of the molecule is C#C[C@]1(O)CC[C@H]2[C@@H]3CCC4=C/C(=N/OCCN5CCCCC5)CC[C@]4(C)[C@H]3CC[C@@]21C. The normalized spacial score (nSPS) is 45.4. The number of rotatable bonds is 4. The molecule has 32 heavy (non-hydrogen) atoms. The fourth-order valence-corrected chi connectivity index (χ4v) is 8.38. The molecule has 1 aliphatic heterocycles. The minimum atomic E-state index is -0.905. The number of piperidine rings is 1. The molecule has 0 aromatic heterocycles. The van der Waals surface area contributed by atoms with Crippen molar-refractivity contribution in [2.75, 3.05) is 26.2 Å². The zero-order chi connectivity index (χ0) is 22.4. The van der Waals surface area contributed by atoms with Gasteiger partial charge in [0.25, 0.3) is 0 Å². The number of allylic oxidation sites excluding steroid dienone is 2. The summed E-state index contributed by atoms with van der Waals surface area (Å²) in [5.74, 6) is 4.77. The number of aliphatic hydroxyl groups is 1. The highest BCUT2D eigenvalue weighted by atomic mass is 16.6. The summed E-state index contributed by atoms with van der Waals surface area (Å²) in [7, 11) is 0. The van der Waals surface area contributed by atoms with Gasteiger partial charge in [0.2, 0.25) is 0 Å². The summed E-state index contributed by atoms with van der Waals surface area (Å²) in [5.41, 5.74) is 1.99. The maximum absolute atomic E-state index is 11.2. The first-order valence-corrected chi connectivity index (χ1v) is 13.2. The Hall–Kier alpha value is -1.31. The quantitative estimate of drug-likeness (QED) is 0.374. The summed E-state index contributed by atoms with van der Waals surface area (Å²) in [6.07, 6.45) is 20.9. The summed E-state index contributed by atoms with van der Waals surface area (Å²) < 4.78 is 0. The van der Waals surface area contributed by atoms with Gasteiger partial charge >= 0.3 is 0 Å². The van der Waals surface area contributed by atoms with Crippen LogP contribution in [-0.2, 0) is 4.84 Å². The van der Waals surface area contributed by atoms with Gasteiger partial charge in [0, 0.05) is 12.0 Å². The van der Waals surface area contributed by atoms with Crippen molar-refractivity contribution in [3.63, 3.8) is 0 Å². The smallest absolute Gasteiger partial charge is 0.130 e. The highest BCUT2D eigenvalue weighted by Gasteiger charge is 2.63. The standard InChI is InChI=1S/C28H42N2O2/c1-4-28(31)15-12-25-23-9-8-21-20-22(29-32-19-18-30-16-6-5-7-17-30)10-13-26(21,2)24(23)11-14-27(25,28)3/h1,20,23-25,31H,5-19H2,2-3H3/b29-22+/t23-,24+,25+,26+,27+,28+/m1/s1. The van der Waals surface area contributed by atoms with E-state index < -0.39 is 5.60 Å². The fraction of sp³-hybridized carbons (Fsp3) is 0.821. The molecule has 4 fully saturated rings. The van der Waals surface area contributed by atoms with Gasteiger partial charge in [-0.15, -0.1) is 6.42 Å². The molecule has 0 amide bonds. The van der Waals surface area contributed by atoms with Gasteiger partial charge in [-0.25, -0.2) is 0 Å². The number of nitrogens with zero attached hydrogens (tertiary/aromatic N) is 2. The Morgan fingerprint density at radius 1 is 1.09 bits per heavy atom. The van der Waals surface area contributed by atoms with E-state index in [9.17, 15) is 5.11 Å². The van der Waals surface area contributed by atoms with Crippen LogP contribution in [-0.4, -0.2) is 47.6 Å². The molecule has 5 aliphatic rings. The van der Waals surface area contributed by atoms with Crippen molar-refractivity contribution in [1.29, 1.82) is 0 Å². The summed E-state index contributed by atoms with van der Waals surface area (Å²) in [4.78, 5) is 8.26. The van der Waals surface area contributed by atoms with Gasteiger partial charge in [-0.2, -0.15) is 0 Å². The van der Waals surface area contributed by atoms with E-state index >= 15 is 0 Å². The van der Waals surface area contributed by atoms with Crippen LogP contribution in [0.4, 0.5) is 0 Å². The Labute approximate surface area is 194 Å². The molecule has 1 N–H and O–H groups in total. The Bertz CT molecular complexity index is 822. The topological polar surface area (TPSA) is 45.1 Å². The van der Waals surface area contributed by atoms with Crippen molar-refractivity contribution in [3.8, 4) is 12.3 Å². The molecule has 176 valence electrons. The number of oxime groups is 1. The Morgan fingerprint density at radius 2 is 1.88 bits per heavy atom. The van der Waals surface area contributed by atoms with Crippen LogP contribution in [0, 0.1) is 40.9 Å². The zero-order valence-corrected chi connectivity index (χ0v) is 20.2. The zero-order valence-electron chi connectivity index (χ0n) is 20.2. The molecule has 0 bridgehead atoms. The summed E-state index contributed by atoms with van der Waals surface area (Å²) in [6.45, 7) is 8.91. The van der Waals surface area contributed by atoms with Crippen molar-refractivity contribution in [2.45, 2.75) is 90.1 Å². The molecule has 1 saturated heterocycles. The number of likely N-dealkylation sites (tertiary alicyclic amines) is 1. The van der Waals surface area contributed by atoms with Gasteiger partial charge in [0.15, 0.2) is 0 Å². The average Bonchev–Trinajstić information content (AvgIpc) is 3.09. The Balaban J connectivity index is 1.25. The van der Waals surface area contributed by atoms with Crippen molar-refractivity contribution in [3.05, 3.63) is 11.6 Å². The molecular weight excluding hydrogens is 396 g/mol. The van der Waals surface area contributed by atoms with Gasteiger partial charge in [0.05, 0.1) is 5.71 Å². The van der Waals surface area contributed by atoms with E-state index in [0.29, 0.717) is 24.4 Å². The lowest BCUT2D eigenvalue weighted by Gasteiger charge is -2.58. The van der Waals surface area contributed by atoms with E-state index in [-0.39, 0.29) is 10.8 Å². The van der Waals surface area contributed by atoms with E-state index in [1.807, 2.05) is 0 Å². The molecule has 0 aromatic carbocycles. The maximum atomic E-state index is 11.2. The molecule has 0 spiro atoms. The minimum Gasteiger partial charge on any atom is -0.394 e. The van der Waals surface area contributed by atoms with E-state index in [1.54, 1.807) is 5.57 Å². The monoisotopic (exact) mass is 438 g/mol. The molecule has 6 atom stereocenters. The van der Waals surface area contributed by atoms with Gasteiger partial charge in [-0.3, -0.25) is 4.90 Å². The highest BCUT2D eigenvalue weighted by Crippen LogP contribution is 2.67. The maximum Gasteiger partial charge on any atom is 0.130 e. The molecule has 0 radical (unpaired) electrons. The van der Waals surface area contributed by atoms with Gasteiger partial charge < -0.3 is 9.94 Å². The number of fused-ring (bicyclic) bond motifs is 5. The molecule has 1 heterocycles. The van der Waals surface area contributed by atoms with E-state index in [4.69, 9.17) is 11.3 Å². The van der Waals surface area contributed by atoms with Crippen molar-refractivity contribution in [2.24, 2.45) is 33.7 Å². The van der Waals surface area contributed by atoms with E-state index in [1.165, 1.54) is 51.6 Å². The molecule has 3 saturated carbocycles. The minimum absolute atomic E-state index is 0.107. The molecule has 0 unspecified atom stereocenters. The Morgan fingerprint density at radius 3 is 2.66 bits per heavy atom. The average molecular weight is 439 g/mol. The van der Waals surface area contributed by atoms with Crippen LogP contribution in [0.25, 0.3) is 0 Å². The molecule has 4 nitrogen and oxygen atoms in total. The van der Waals surface area contributed by atoms with Crippen LogP contribution >= 0.6 is 0 Å². The lowest BCUT2D eigenvalue weighted by Crippen LogP contribution is -2.54. The lowest BCUT2D eigenvalue weighted by atomic mass is 9.46. The first-order chi connectivity index (χ1) is 15.4. The molecule has 4 aliphatic carbocycles. The predicted octanol–water partition coefficient (Wildman–Crippen LogP) is 5.17. The van der Waals surface area contributed by atoms with Crippen LogP contribution in [0.1, 0.15) is 84.5 Å². The summed E-state index contributed by atoms with van der Waals surface area (Å²) >= 11 is 0. The first-order valence-electron chi connectivity index (χ1n) is 13.2. The number of hydrogen-bond acceptors (Lipinski definition) is 4. The summed E-state index contributed by atoms with van der Waals surface area (Å²) in [5, 5.41) is 15.7. The number of terminal acetylenes is 1. The predicted molar refractivity (Wildman–Crippen MR) is 129 cm³/mol. The third-order valence-corrected chi connectivity index (χ3v) is 10.5. The van der Waals surface area contributed by atoms with Gasteiger partial charge in [-0.1, -0.05) is 36.9 Å². The van der Waals surface area contributed by atoms with Gasteiger partial charge in [-0.05, 0) is 107 Å². The van der Waals surface area contributed by atoms with Crippen molar-refractivity contribution < 1.29 is 9.94 Å². The molecular formula is C28H42N2O2. The second kappa shape index (κ2) is 8.48. The van der Waals surface area contributed by atoms with E-state index in [0.717, 1.165) is 44.4 Å². The molecule has 0 aromatic rings. The fourth-order valence-electron chi connectivity index (χ4n) is 8.38. The van der Waals surface area contributed by atoms with Gasteiger partial charge in [0.1, 0.15) is 12.2 Å². The van der Waals surface area contributed by atoms with Crippen LogP contribution in [0.2, 0.25) is 0 Å². The lowest BCUT2D eigenvalue weighted by molar-refractivity contribution is -0.0987. The van der Waals surface area contributed by atoms with Crippen molar-refractivity contribution >= 4 is 5.71 Å². The number of hydrogen-bond donors (Lipinski definition) is 1. The first kappa shape index (κ1) is 22.5.